The lowest BCUT2D eigenvalue weighted by atomic mass is 9.99. The SMILES string of the molecule is CC(C)Oc1ccc2nccc(C(=O)NCC(=O)N3CC(F)(F)CC3C(=O)C(C)C)c2c1. The van der Waals surface area contributed by atoms with Crippen LogP contribution < -0.4 is 10.1 Å². The van der Waals surface area contributed by atoms with E-state index in [-0.39, 0.29) is 11.7 Å². The second kappa shape index (κ2) is 9.18. The third-order valence-corrected chi connectivity index (χ3v) is 5.22. The van der Waals surface area contributed by atoms with Crippen molar-refractivity contribution >= 4 is 28.5 Å². The van der Waals surface area contributed by atoms with E-state index >= 15 is 0 Å². The van der Waals surface area contributed by atoms with E-state index in [1.54, 1.807) is 32.0 Å². The molecule has 7 nitrogen and oxygen atoms in total. The second-order valence-electron chi connectivity index (χ2n) is 8.54. The summed E-state index contributed by atoms with van der Waals surface area (Å²) in [5, 5.41) is 3.03. The number of fused-ring (bicyclic) bond motifs is 1. The van der Waals surface area contributed by atoms with Gasteiger partial charge in [-0.1, -0.05) is 13.8 Å². The Balaban J connectivity index is 1.75. The average molecular weight is 447 g/mol. The summed E-state index contributed by atoms with van der Waals surface area (Å²) in [6, 6.07) is 5.49. The minimum atomic E-state index is -3.14. The minimum absolute atomic E-state index is 0.0564. The summed E-state index contributed by atoms with van der Waals surface area (Å²) < 4.78 is 33.6. The van der Waals surface area contributed by atoms with Crippen LogP contribution >= 0.6 is 0 Å². The van der Waals surface area contributed by atoms with Crippen molar-refractivity contribution in [3.8, 4) is 5.75 Å². The Kier molecular flexibility index (Phi) is 6.76. The van der Waals surface area contributed by atoms with Crippen molar-refractivity contribution < 1.29 is 27.9 Å². The molecule has 172 valence electrons. The number of carbonyl (C=O) groups excluding carboxylic acids is 3. The maximum Gasteiger partial charge on any atom is 0.267 e. The largest absolute Gasteiger partial charge is 0.491 e. The molecule has 1 aliphatic rings. The average Bonchev–Trinajstić information content (AvgIpc) is 3.05. The molecule has 1 fully saturated rings. The van der Waals surface area contributed by atoms with Crippen LogP contribution in [0.1, 0.15) is 44.5 Å². The second-order valence-corrected chi connectivity index (χ2v) is 8.54. The molecule has 1 aliphatic heterocycles. The molecular weight excluding hydrogens is 420 g/mol. The van der Waals surface area contributed by atoms with Gasteiger partial charge in [0.2, 0.25) is 5.91 Å². The fraction of sp³-hybridized carbons (Fsp3) is 0.478. The molecule has 1 N–H and O–H groups in total. The summed E-state index contributed by atoms with van der Waals surface area (Å²) in [6.07, 6.45) is 0.719. The van der Waals surface area contributed by atoms with Gasteiger partial charge in [-0.15, -0.1) is 0 Å². The van der Waals surface area contributed by atoms with Gasteiger partial charge in [0.1, 0.15) is 5.75 Å². The number of hydrogen-bond acceptors (Lipinski definition) is 5. The first-order valence-corrected chi connectivity index (χ1v) is 10.5. The number of ketones is 1. The smallest absolute Gasteiger partial charge is 0.267 e. The summed E-state index contributed by atoms with van der Waals surface area (Å²) >= 11 is 0. The molecule has 2 aromatic rings. The maximum atomic E-state index is 13.9. The van der Waals surface area contributed by atoms with Crippen molar-refractivity contribution in [2.45, 2.75) is 52.2 Å². The summed E-state index contributed by atoms with van der Waals surface area (Å²) in [6.45, 7) is 5.64. The molecule has 1 aromatic heterocycles. The van der Waals surface area contributed by atoms with E-state index < -0.39 is 55.0 Å². The van der Waals surface area contributed by atoms with Crippen LogP contribution in [-0.4, -0.2) is 58.6 Å². The van der Waals surface area contributed by atoms with Gasteiger partial charge >= 0.3 is 0 Å². The third kappa shape index (κ3) is 5.20. The minimum Gasteiger partial charge on any atom is -0.491 e. The number of amides is 2. The van der Waals surface area contributed by atoms with Crippen molar-refractivity contribution in [2.24, 2.45) is 5.92 Å². The fourth-order valence-electron chi connectivity index (χ4n) is 3.74. The predicted molar refractivity (Wildman–Crippen MR) is 115 cm³/mol. The van der Waals surface area contributed by atoms with Gasteiger partial charge < -0.3 is 15.0 Å². The number of likely N-dealkylation sites (tertiary alicyclic amines) is 1. The van der Waals surface area contributed by atoms with E-state index in [4.69, 9.17) is 4.74 Å². The van der Waals surface area contributed by atoms with E-state index in [2.05, 4.69) is 10.3 Å². The van der Waals surface area contributed by atoms with Gasteiger partial charge in [0, 0.05) is 23.9 Å². The van der Waals surface area contributed by atoms with E-state index in [1.807, 2.05) is 13.8 Å². The first kappa shape index (κ1) is 23.6. The van der Waals surface area contributed by atoms with Gasteiger partial charge in [-0.3, -0.25) is 19.4 Å². The lowest BCUT2D eigenvalue weighted by molar-refractivity contribution is -0.138. The number of ether oxygens (including phenoxy) is 1. The number of pyridine rings is 1. The molecular formula is C23H27F2N3O4. The lowest BCUT2D eigenvalue weighted by Crippen LogP contribution is -2.46. The zero-order chi connectivity index (χ0) is 23.6. The van der Waals surface area contributed by atoms with E-state index in [0.717, 1.165) is 4.90 Å². The summed E-state index contributed by atoms with van der Waals surface area (Å²) in [7, 11) is 0. The molecule has 1 atom stereocenters. The van der Waals surface area contributed by atoms with Crippen LogP contribution in [0.5, 0.6) is 5.75 Å². The molecule has 1 aromatic carbocycles. The highest BCUT2D eigenvalue weighted by Crippen LogP contribution is 2.33. The van der Waals surface area contributed by atoms with Crippen LogP contribution in [0, 0.1) is 5.92 Å². The molecule has 0 saturated carbocycles. The topological polar surface area (TPSA) is 88.6 Å². The highest BCUT2D eigenvalue weighted by molar-refractivity contribution is 6.07. The number of nitrogens with zero attached hydrogens (tertiary/aromatic N) is 2. The molecule has 1 saturated heterocycles. The van der Waals surface area contributed by atoms with Crippen molar-refractivity contribution in [1.29, 1.82) is 0 Å². The first-order valence-electron chi connectivity index (χ1n) is 10.5. The Morgan fingerprint density at radius 3 is 2.59 bits per heavy atom. The number of Topliss-reactive ketones (excluding diaryl/α,β-unsaturated/α-hetero) is 1. The molecule has 2 amide bonds. The van der Waals surface area contributed by atoms with Crippen LogP contribution in [0.4, 0.5) is 8.78 Å². The zero-order valence-corrected chi connectivity index (χ0v) is 18.5. The van der Waals surface area contributed by atoms with Crippen LogP contribution in [0.2, 0.25) is 0 Å². The zero-order valence-electron chi connectivity index (χ0n) is 18.5. The van der Waals surface area contributed by atoms with Gasteiger partial charge in [-0.05, 0) is 38.1 Å². The third-order valence-electron chi connectivity index (χ3n) is 5.22. The van der Waals surface area contributed by atoms with Crippen molar-refractivity contribution in [2.75, 3.05) is 13.1 Å². The van der Waals surface area contributed by atoms with Crippen LogP contribution in [0.3, 0.4) is 0 Å². The molecule has 32 heavy (non-hydrogen) atoms. The maximum absolute atomic E-state index is 13.9. The summed E-state index contributed by atoms with van der Waals surface area (Å²) in [5.41, 5.74) is 0.848. The monoisotopic (exact) mass is 447 g/mol. The van der Waals surface area contributed by atoms with Gasteiger partial charge in [0.05, 0.1) is 36.3 Å². The Morgan fingerprint density at radius 2 is 1.94 bits per heavy atom. The number of halogens is 2. The van der Waals surface area contributed by atoms with E-state index in [0.29, 0.717) is 16.7 Å². The standard InChI is InChI=1S/C23H27F2N3O4/c1-13(2)21(30)19-10-23(24,25)12-28(19)20(29)11-27-22(31)16-7-8-26-18-6-5-15(9-17(16)18)32-14(3)4/h5-9,13-14,19H,10-12H2,1-4H3,(H,27,31). The number of carbonyl (C=O) groups is 3. The highest BCUT2D eigenvalue weighted by Gasteiger charge is 2.49. The number of benzene rings is 1. The van der Waals surface area contributed by atoms with E-state index in [9.17, 15) is 23.2 Å². The lowest BCUT2D eigenvalue weighted by Gasteiger charge is -2.24. The fourth-order valence-corrected chi connectivity index (χ4v) is 3.74. The van der Waals surface area contributed by atoms with Crippen molar-refractivity contribution in [3.05, 3.63) is 36.0 Å². The number of aromatic nitrogens is 1. The quantitative estimate of drug-likeness (QED) is 0.704. The molecule has 3 rings (SSSR count). The van der Waals surface area contributed by atoms with Gasteiger partial charge in [-0.25, -0.2) is 8.78 Å². The number of alkyl halides is 2. The van der Waals surface area contributed by atoms with Crippen LogP contribution in [-0.2, 0) is 9.59 Å². The van der Waals surface area contributed by atoms with Gasteiger partial charge in [-0.2, -0.15) is 0 Å². The van der Waals surface area contributed by atoms with Crippen molar-refractivity contribution in [3.63, 3.8) is 0 Å². The highest BCUT2D eigenvalue weighted by atomic mass is 19.3. The normalized spacial score (nSPS) is 17.8. The van der Waals surface area contributed by atoms with Crippen molar-refractivity contribution in [1.82, 2.24) is 15.2 Å². The number of rotatable bonds is 7. The predicted octanol–water partition coefficient (Wildman–Crippen LogP) is 3.21. The molecule has 0 bridgehead atoms. The Labute approximate surface area is 185 Å². The summed E-state index contributed by atoms with van der Waals surface area (Å²) in [4.78, 5) is 42.9. The molecule has 0 radical (unpaired) electrons. The Hall–Kier alpha value is -3.10. The first-order chi connectivity index (χ1) is 15.0. The number of nitrogens with one attached hydrogen (secondary N) is 1. The van der Waals surface area contributed by atoms with Crippen LogP contribution in [0.25, 0.3) is 10.9 Å². The Morgan fingerprint density at radius 1 is 1.22 bits per heavy atom. The van der Waals surface area contributed by atoms with Gasteiger partial charge in [0.15, 0.2) is 5.78 Å². The molecule has 1 unspecified atom stereocenters. The summed E-state index contributed by atoms with van der Waals surface area (Å²) in [5.74, 6) is -4.74. The van der Waals surface area contributed by atoms with Crippen LogP contribution in [0.15, 0.2) is 30.5 Å². The Bertz CT molecular complexity index is 1040. The molecule has 0 aliphatic carbocycles. The number of hydrogen-bond donors (Lipinski definition) is 1. The molecule has 9 heteroatoms. The molecule has 2 heterocycles. The van der Waals surface area contributed by atoms with E-state index in [1.165, 1.54) is 12.3 Å². The molecule has 0 spiro atoms. The van der Waals surface area contributed by atoms with Gasteiger partial charge in [0.25, 0.3) is 11.8 Å².